The molecule has 0 saturated heterocycles. The topological polar surface area (TPSA) is 6.48 Å². The fourth-order valence-corrected chi connectivity index (χ4v) is 10.1. The summed E-state index contributed by atoms with van der Waals surface area (Å²) >= 11 is 0. The highest BCUT2D eigenvalue weighted by Crippen LogP contribution is 2.49. The van der Waals surface area contributed by atoms with Crippen LogP contribution in [0.1, 0.15) is 0 Å². The average Bonchev–Trinajstić information content (AvgIpc) is 3.49. The smallest absolute Gasteiger partial charge is 0.0618 e. The Morgan fingerprint density at radius 1 is 0.149 bits per heavy atom. The van der Waals surface area contributed by atoms with Gasteiger partial charge in [-0.1, -0.05) is 243 Å². The molecule has 0 aliphatic carbocycles. The maximum Gasteiger partial charge on any atom is 0.0618 e. The first-order valence-corrected chi connectivity index (χ1v) is 25.3. The van der Waals surface area contributed by atoms with Gasteiger partial charge in [-0.3, -0.25) is 0 Å². The maximum atomic E-state index is 2.45. The highest BCUT2D eigenvalue weighted by Gasteiger charge is 2.24. The third-order valence-corrected chi connectivity index (χ3v) is 13.9. The van der Waals surface area contributed by atoms with Crippen molar-refractivity contribution in [1.82, 2.24) is 0 Å². The number of benzene rings is 12. The van der Waals surface area contributed by atoms with E-state index >= 15 is 0 Å². The molecule has 0 aliphatic rings. The normalized spacial score (nSPS) is 11.0. The van der Waals surface area contributed by atoms with Crippen LogP contribution in [-0.2, 0) is 0 Å². The first-order valence-electron chi connectivity index (χ1n) is 25.3. The van der Waals surface area contributed by atoms with E-state index in [9.17, 15) is 0 Å². The second-order valence-electron chi connectivity index (χ2n) is 18.5. The van der Waals surface area contributed by atoms with Crippen LogP contribution in [0.25, 0.3) is 77.9 Å². The highest BCUT2D eigenvalue weighted by molar-refractivity contribution is 6.00. The largest absolute Gasteiger partial charge is 0.311 e. The number of anilines is 6. The van der Waals surface area contributed by atoms with Crippen molar-refractivity contribution in [2.75, 3.05) is 9.80 Å². The molecule has 12 aromatic carbocycles. The molecule has 0 N–H and O–H groups in total. The van der Waals surface area contributed by atoms with Crippen LogP contribution in [0.3, 0.4) is 0 Å². The molecule has 12 rings (SSSR count). The van der Waals surface area contributed by atoms with Gasteiger partial charge in [0.25, 0.3) is 0 Å². The van der Waals surface area contributed by atoms with Crippen LogP contribution in [0.4, 0.5) is 34.1 Å². The Kier molecular flexibility index (Phi) is 12.8. The molecule has 0 unspecified atom stereocenters. The summed E-state index contributed by atoms with van der Waals surface area (Å²) in [6.45, 7) is 0. The molecular formula is C72H52N2. The molecule has 0 heterocycles. The summed E-state index contributed by atoms with van der Waals surface area (Å²) in [5.41, 5.74) is 22.8. The summed E-state index contributed by atoms with van der Waals surface area (Å²) in [5, 5.41) is 0. The Balaban J connectivity index is 0.953. The van der Waals surface area contributed by atoms with E-state index < -0.39 is 0 Å². The van der Waals surface area contributed by atoms with Gasteiger partial charge >= 0.3 is 0 Å². The first kappa shape index (κ1) is 45.4. The molecule has 0 aliphatic heterocycles. The lowest BCUT2D eigenvalue weighted by Crippen LogP contribution is -2.13. The van der Waals surface area contributed by atoms with Gasteiger partial charge in [0.05, 0.1) is 5.69 Å². The standard InChI is InChI=1S/C72H52N2/c1-7-19-53(20-8-1)57-31-41-65(42-32-57)73(66-43-33-58(34-44-66)54-21-9-2-10-22-54)67-45-35-60(36-46-67)61-39-49-69(50-40-61)74(68-47-37-59(38-48-68)55-23-11-3-12-24-55)72-70(62-27-15-5-16-28-62)51-64(56-25-13-4-14-26-56)52-71(72)63-29-17-6-18-30-63/h1-52H. The predicted molar refractivity (Wildman–Crippen MR) is 314 cm³/mol. The molecule has 12 aromatic rings. The second kappa shape index (κ2) is 20.9. The Labute approximate surface area is 435 Å². The maximum absolute atomic E-state index is 2.45. The van der Waals surface area contributed by atoms with Gasteiger partial charge in [-0.05, 0) is 140 Å². The van der Waals surface area contributed by atoms with Crippen LogP contribution >= 0.6 is 0 Å². The van der Waals surface area contributed by atoms with Gasteiger partial charge in [-0.25, -0.2) is 0 Å². The third kappa shape index (κ3) is 9.56. The molecule has 0 fully saturated rings. The zero-order valence-corrected chi connectivity index (χ0v) is 40.9. The molecule has 0 atom stereocenters. The van der Waals surface area contributed by atoms with E-state index in [1.54, 1.807) is 0 Å². The van der Waals surface area contributed by atoms with Gasteiger partial charge in [-0.15, -0.1) is 0 Å². The lowest BCUT2D eigenvalue weighted by atomic mass is 9.89. The molecule has 0 radical (unpaired) electrons. The minimum Gasteiger partial charge on any atom is -0.311 e. The van der Waals surface area contributed by atoms with Gasteiger partial charge in [-0.2, -0.15) is 0 Å². The lowest BCUT2D eigenvalue weighted by molar-refractivity contribution is 1.28. The van der Waals surface area contributed by atoms with Crippen molar-refractivity contribution < 1.29 is 0 Å². The zero-order chi connectivity index (χ0) is 49.5. The van der Waals surface area contributed by atoms with Crippen molar-refractivity contribution >= 4 is 34.1 Å². The second-order valence-corrected chi connectivity index (χ2v) is 18.5. The number of hydrogen-bond donors (Lipinski definition) is 0. The summed E-state index contributed by atoms with van der Waals surface area (Å²) < 4.78 is 0. The summed E-state index contributed by atoms with van der Waals surface area (Å²) in [6, 6.07) is 114. The quantitative estimate of drug-likeness (QED) is 0.114. The average molecular weight is 945 g/mol. The molecular weight excluding hydrogens is 893 g/mol. The van der Waals surface area contributed by atoms with Crippen molar-refractivity contribution in [1.29, 1.82) is 0 Å². The van der Waals surface area contributed by atoms with E-state index in [0.717, 1.165) is 73.1 Å². The summed E-state index contributed by atoms with van der Waals surface area (Å²) in [4.78, 5) is 4.79. The SMILES string of the molecule is c1ccc(-c2ccc(N(c3ccc(-c4ccccc4)cc3)c3ccc(-c4ccc(N(c5ccc(-c6ccccc6)cc5)c5c(-c6ccccc6)cc(-c6ccccc6)cc5-c5ccccc5)cc4)cc3)cc2)cc1. The lowest BCUT2D eigenvalue weighted by Gasteiger charge is -2.31. The van der Waals surface area contributed by atoms with E-state index in [-0.39, 0.29) is 0 Å². The number of nitrogens with zero attached hydrogens (tertiary/aromatic N) is 2. The van der Waals surface area contributed by atoms with Gasteiger partial charge in [0, 0.05) is 39.6 Å². The van der Waals surface area contributed by atoms with Crippen LogP contribution in [0.2, 0.25) is 0 Å². The van der Waals surface area contributed by atoms with Gasteiger partial charge in [0.15, 0.2) is 0 Å². The number of hydrogen-bond acceptors (Lipinski definition) is 2. The minimum absolute atomic E-state index is 1.06. The highest BCUT2D eigenvalue weighted by atomic mass is 15.2. The van der Waals surface area contributed by atoms with Gasteiger partial charge in [0.1, 0.15) is 0 Å². The van der Waals surface area contributed by atoms with E-state index in [2.05, 4.69) is 325 Å². The summed E-state index contributed by atoms with van der Waals surface area (Å²) in [5.74, 6) is 0. The molecule has 2 nitrogen and oxygen atoms in total. The van der Waals surface area contributed by atoms with Gasteiger partial charge in [0.2, 0.25) is 0 Å². The molecule has 0 saturated carbocycles. The van der Waals surface area contributed by atoms with E-state index in [1.807, 2.05) is 0 Å². The summed E-state index contributed by atoms with van der Waals surface area (Å²) in [7, 11) is 0. The Morgan fingerprint density at radius 3 is 0.581 bits per heavy atom. The molecule has 0 amide bonds. The van der Waals surface area contributed by atoms with Crippen molar-refractivity contribution in [3.8, 4) is 77.9 Å². The van der Waals surface area contributed by atoms with Crippen LogP contribution in [-0.4, -0.2) is 0 Å². The van der Waals surface area contributed by atoms with E-state index in [0.29, 0.717) is 0 Å². The first-order chi connectivity index (χ1) is 36.7. The van der Waals surface area contributed by atoms with E-state index in [1.165, 1.54) is 38.9 Å². The Morgan fingerprint density at radius 2 is 0.338 bits per heavy atom. The Hall–Kier alpha value is -9.76. The van der Waals surface area contributed by atoms with E-state index in [4.69, 9.17) is 0 Å². The van der Waals surface area contributed by atoms with Crippen molar-refractivity contribution in [3.05, 3.63) is 315 Å². The van der Waals surface area contributed by atoms with Crippen LogP contribution < -0.4 is 9.80 Å². The fourth-order valence-electron chi connectivity index (χ4n) is 10.1. The minimum atomic E-state index is 1.06. The molecule has 350 valence electrons. The van der Waals surface area contributed by atoms with Crippen LogP contribution in [0.5, 0.6) is 0 Å². The monoisotopic (exact) mass is 944 g/mol. The fraction of sp³-hybridized carbons (Fsp3) is 0. The zero-order valence-electron chi connectivity index (χ0n) is 40.9. The molecule has 2 heteroatoms. The predicted octanol–water partition coefficient (Wildman–Crippen LogP) is 20.3. The summed E-state index contributed by atoms with van der Waals surface area (Å²) in [6.07, 6.45) is 0. The molecule has 0 aromatic heterocycles. The molecule has 0 spiro atoms. The van der Waals surface area contributed by atoms with Crippen molar-refractivity contribution in [3.63, 3.8) is 0 Å². The Bertz CT molecular complexity index is 3590. The number of rotatable bonds is 13. The third-order valence-electron chi connectivity index (χ3n) is 13.9. The van der Waals surface area contributed by atoms with Crippen LogP contribution in [0.15, 0.2) is 315 Å². The van der Waals surface area contributed by atoms with Crippen molar-refractivity contribution in [2.45, 2.75) is 0 Å². The van der Waals surface area contributed by atoms with Crippen molar-refractivity contribution in [2.24, 2.45) is 0 Å². The molecule has 74 heavy (non-hydrogen) atoms. The van der Waals surface area contributed by atoms with Gasteiger partial charge < -0.3 is 9.80 Å². The van der Waals surface area contributed by atoms with Crippen LogP contribution in [0, 0.1) is 0 Å². The molecule has 0 bridgehead atoms.